The van der Waals surface area contributed by atoms with E-state index in [1.54, 1.807) is 42.5 Å². The Hall–Kier alpha value is -2.64. The van der Waals surface area contributed by atoms with Gasteiger partial charge in [-0.25, -0.2) is 8.42 Å². The number of sulfonamides is 1. The maximum absolute atomic E-state index is 13.1. The first-order valence-corrected chi connectivity index (χ1v) is 8.66. The average Bonchev–Trinajstić information content (AvgIpc) is 2.88. The van der Waals surface area contributed by atoms with Crippen LogP contribution in [-0.2, 0) is 14.8 Å². The van der Waals surface area contributed by atoms with E-state index in [0.29, 0.717) is 16.8 Å². The van der Waals surface area contributed by atoms with Crippen LogP contribution >= 0.6 is 0 Å². The molecule has 0 radical (unpaired) electrons. The Bertz CT molecular complexity index is 909. The highest BCUT2D eigenvalue weighted by Crippen LogP contribution is 2.43. The van der Waals surface area contributed by atoms with Crippen molar-refractivity contribution in [1.29, 1.82) is 0 Å². The SMILES string of the molecule is C=C1c2ccccc2N(S(=O)(=O)c2ccccc2)[C@@H]1[C@@H](N)C(=O)O. The monoisotopic (exact) mass is 344 g/mol. The standard InChI is InChI=1S/C17H16N2O4S/c1-11-13-9-5-6-10-14(13)19(16(11)15(18)17(20)21)24(22,23)12-7-3-2-4-8-12/h2-10,15-16H,1,18H2,(H,20,21)/t15-,16+/m1/s1. The lowest BCUT2D eigenvalue weighted by Crippen LogP contribution is -2.52. The van der Waals surface area contributed by atoms with Crippen LogP contribution in [0.25, 0.3) is 5.57 Å². The number of aliphatic carboxylic acids is 1. The zero-order valence-corrected chi connectivity index (χ0v) is 13.5. The summed E-state index contributed by atoms with van der Waals surface area (Å²) in [7, 11) is -3.98. The Morgan fingerprint density at radius 2 is 1.71 bits per heavy atom. The molecule has 2 aromatic carbocycles. The summed E-state index contributed by atoms with van der Waals surface area (Å²) in [6.45, 7) is 3.89. The summed E-state index contributed by atoms with van der Waals surface area (Å²) in [5, 5.41) is 9.31. The topological polar surface area (TPSA) is 101 Å². The molecule has 24 heavy (non-hydrogen) atoms. The van der Waals surface area contributed by atoms with Gasteiger partial charge in [-0.15, -0.1) is 0 Å². The lowest BCUT2D eigenvalue weighted by atomic mass is 9.99. The van der Waals surface area contributed by atoms with E-state index in [4.69, 9.17) is 5.73 Å². The fourth-order valence-electron chi connectivity index (χ4n) is 2.87. The van der Waals surface area contributed by atoms with Crippen LogP contribution in [0.3, 0.4) is 0 Å². The van der Waals surface area contributed by atoms with Gasteiger partial charge in [0.2, 0.25) is 0 Å². The highest BCUT2D eigenvalue weighted by atomic mass is 32.2. The van der Waals surface area contributed by atoms with Gasteiger partial charge in [0.15, 0.2) is 0 Å². The van der Waals surface area contributed by atoms with Crippen LogP contribution in [0.1, 0.15) is 5.56 Å². The van der Waals surface area contributed by atoms with Crippen LogP contribution in [0, 0.1) is 0 Å². The summed E-state index contributed by atoms with van der Waals surface area (Å²) in [5.74, 6) is -1.29. The van der Waals surface area contributed by atoms with Crippen molar-refractivity contribution in [3.8, 4) is 0 Å². The zero-order chi connectivity index (χ0) is 17.5. The second-order valence-electron chi connectivity index (χ2n) is 5.47. The zero-order valence-electron chi connectivity index (χ0n) is 12.7. The normalized spacial score (nSPS) is 18.3. The molecule has 0 aliphatic carbocycles. The van der Waals surface area contributed by atoms with Crippen molar-refractivity contribution in [2.45, 2.75) is 17.0 Å². The molecule has 2 aromatic rings. The number of carbonyl (C=O) groups is 1. The van der Waals surface area contributed by atoms with Crippen LogP contribution in [-0.4, -0.2) is 31.6 Å². The van der Waals surface area contributed by atoms with Crippen molar-refractivity contribution < 1.29 is 18.3 Å². The Kier molecular flexibility index (Phi) is 3.90. The number of rotatable bonds is 4. The summed E-state index contributed by atoms with van der Waals surface area (Å²) in [6.07, 6.45) is 0. The van der Waals surface area contributed by atoms with E-state index >= 15 is 0 Å². The smallest absolute Gasteiger partial charge is 0.323 e. The molecule has 0 unspecified atom stereocenters. The summed E-state index contributed by atoms with van der Waals surface area (Å²) in [4.78, 5) is 11.5. The first kappa shape index (κ1) is 16.2. The molecule has 1 aliphatic rings. The van der Waals surface area contributed by atoms with Gasteiger partial charge in [-0.2, -0.15) is 0 Å². The van der Waals surface area contributed by atoms with E-state index in [2.05, 4.69) is 6.58 Å². The van der Waals surface area contributed by atoms with Gasteiger partial charge in [0.05, 0.1) is 16.6 Å². The minimum atomic E-state index is -3.98. The minimum absolute atomic E-state index is 0.0668. The van der Waals surface area contributed by atoms with E-state index < -0.39 is 28.1 Å². The third-order valence-corrected chi connectivity index (χ3v) is 5.83. The number of hydrogen-bond donors (Lipinski definition) is 2. The second kappa shape index (κ2) is 5.77. The lowest BCUT2D eigenvalue weighted by molar-refractivity contribution is -0.138. The molecule has 0 saturated carbocycles. The van der Waals surface area contributed by atoms with Gasteiger partial charge in [-0.3, -0.25) is 9.10 Å². The van der Waals surface area contributed by atoms with Gasteiger partial charge in [0.1, 0.15) is 6.04 Å². The molecule has 0 amide bonds. The molecule has 0 saturated heterocycles. The van der Waals surface area contributed by atoms with Gasteiger partial charge < -0.3 is 10.8 Å². The highest BCUT2D eigenvalue weighted by molar-refractivity contribution is 7.93. The average molecular weight is 344 g/mol. The molecular weight excluding hydrogens is 328 g/mol. The summed E-state index contributed by atoms with van der Waals surface area (Å²) < 4.78 is 27.3. The molecule has 0 spiro atoms. The van der Waals surface area contributed by atoms with E-state index in [-0.39, 0.29) is 4.90 Å². The Morgan fingerprint density at radius 1 is 1.12 bits per heavy atom. The molecule has 0 fully saturated rings. The number of hydrogen-bond acceptors (Lipinski definition) is 4. The number of carboxylic acids is 1. The highest BCUT2D eigenvalue weighted by Gasteiger charge is 2.45. The Labute approximate surface area is 139 Å². The summed E-state index contributed by atoms with van der Waals surface area (Å²) in [5.41, 5.74) is 7.13. The first-order chi connectivity index (χ1) is 11.4. The molecular formula is C17H16N2O4S. The number of fused-ring (bicyclic) bond motifs is 1. The second-order valence-corrected chi connectivity index (χ2v) is 7.28. The predicted molar refractivity (Wildman–Crippen MR) is 91.0 cm³/mol. The van der Waals surface area contributed by atoms with Crippen molar-refractivity contribution in [2.24, 2.45) is 5.73 Å². The molecule has 0 bridgehead atoms. The van der Waals surface area contributed by atoms with Crippen LogP contribution < -0.4 is 10.0 Å². The maximum atomic E-state index is 13.1. The van der Waals surface area contributed by atoms with Gasteiger partial charge in [0, 0.05) is 5.56 Å². The molecule has 3 rings (SSSR count). The molecule has 1 aliphatic heterocycles. The third kappa shape index (κ3) is 2.38. The van der Waals surface area contributed by atoms with Gasteiger partial charge >= 0.3 is 5.97 Å². The Balaban J connectivity index is 2.22. The van der Waals surface area contributed by atoms with E-state index in [1.165, 1.54) is 12.1 Å². The number of anilines is 1. The van der Waals surface area contributed by atoms with E-state index in [9.17, 15) is 18.3 Å². The van der Waals surface area contributed by atoms with Gasteiger partial charge in [-0.1, -0.05) is 43.0 Å². The van der Waals surface area contributed by atoms with Crippen molar-refractivity contribution in [3.05, 3.63) is 66.7 Å². The molecule has 1 heterocycles. The van der Waals surface area contributed by atoms with Crippen LogP contribution in [0.2, 0.25) is 0 Å². The fourth-order valence-corrected chi connectivity index (χ4v) is 4.57. The number of para-hydroxylation sites is 1. The van der Waals surface area contributed by atoms with Crippen LogP contribution in [0.4, 0.5) is 5.69 Å². The number of nitrogens with zero attached hydrogens (tertiary/aromatic N) is 1. The number of benzene rings is 2. The van der Waals surface area contributed by atoms with Crippen molar-refractivity contribution >= 4 is 27.3 Å². The van der Waals surface area contributed by atoms with Crippen LogP contribution in [0.5, 0.6) is 0 Å². The first-order valence-electron chi connectivity index (χ1n) is 7.22. The predicted octanol–water partition coefficient (Wildman–Crippen LogP) is 1.69. The minimum Gasteiger partial charge on any atom is -0.480 e. The quantitative estimate of drug-likeness (QED) is 0.879. The maximum Gasteiger partial charge on any atom is 0.323 e. The van der Waals surface area contributed by atoms with Crippen molar-refractivity contribution in [1.82, 2.24) is 0 Å². The lowest BCUT2D eigenvalue weighted by Gasteiger charge is -2.29. The van der Waals surface area contributed by atoms with Crippen LogP contribution in [0.15, 0.2) is 66.1 Å². The summed E-state index contributed by atoms with van der Waals surface area (Å²) >= 11 is 0. The van der Waals surface area contributed by atoms with Crippen molar-refractivity contribution in [3.63, 3.8) is 0 Å². The Morgan fingerprint density at radius 3 is 2.33 bits per heavy atom. The van der Waals surface area contributed by atoms with E-state index in [0.717, 1.165) is 4.31 Å². The molecule has 0 aromatic heterocycles. The third-order valence-electron chi connectivity index (χ3n) is 4.02. The fraction of sp³-hybridized carbons (Fsp3) is 0.118. The summed E-state index contributed by atoms with van der Waals surface area (Å²) in [6, 6.07) is 12.1. The number of nitrogens with two attached hydrogens (primary N) is 1. The molecule has 2 atom stereocenters. The van der Waals surface area contributed by atoms with E-state index in [1.807, 2.05) is 0 Å². The molecule has 6 nitrogen and oxygen atoms in total. The molecule has 7 heteroatoms. The van der Waals surface area contributed by atoms with Gasteiger partial charge in [0.25, 0.3) is 10.0 Å². The molecule has 3 N–H and O–H groups in total. The molecule has 124 valence electrons. The van der Waals surface area contributed by atoms with Gasteiger partial charge in [-0.05, 0) is 23.8 Å². The van der Waals surface area contributed by atoms with Crippen molar-refractivity contribution in [2.75, 3.05) is 4.31 Å². The number of carboxylic acid groups (broad SMARTS) is 1. The largest absolute Gasteiger partial charge is 0.480 e.